The average molecular weight is 429 g/mol. The minimum absolute atomic E-state index is 0.0852. The van der Waals surface area contributed by atoms with Crippen LogP contribution in [0.5, 0.6) is 0 Å². The van der Waals surface area contributed by atoms with Gasteiger partial charge < -0.3 is 24.8 Å². The van der Waals surface area contributed by atoms with Crippen molar-refractivity contribution in [3.05, 3.63) is 12.2 Å². The van der Waals surface area contributed by atoms with Crippen LogP contribution in [0.15, 0.2) is 12.2 Å². The summed E-state index contributed by atoms with van der Waals surface area (Å²) in [6.45, 7) is 2.54. The lowest BCUT2D eigenvalue weighted by atomic mass is 10.0. The molecule has 0 radical (unpaired) electrons. The van der Waals surface area contributed by atoms with Crippen molar-refractivity contribution in [3.63, 3.8) is 0 Å². The maximum Gasteiger partial charge on any atom is 0.114 e. The molecule has 0 bridgehead atoms. The third kappa shape index (κ3) is 13.1. The summed E-state index contributed by atoms with van der Waals surface area (Å²) in [4.78, 5) is 0. The van der Waals surface area contributed by atoms with Crippen molar-refractivity contribution in [1.82, 2.24) is 0 Å². The molecule has 0 amide bonds. The number of hydrogen-bond donors (Lipinski definition) is 3. The van der Waals surface area contributed by atoms with Gasteiger partial charge in [0.05, 0.1) is 19.8 Å². The summed E-state index contributed by atoms with van der Waals surface area (Å²) in [5, 5.41) is 29.1. The fourth-order valence-electron chi connectivity index (χ4n) is 4.01. The number of hydrogen-bond acceptors (Lipinski definition) is 5. The van der Waals surface area contributed by atoms with Crippen LogP contribution in [0, 0.1) is 0 Å². The Balaban J connectivity index is 1.86. The first kappa shape index (κ1) is 27.6. The van der Waals surface area contributed by atoms with Crippen LogP contribution < -0.4 is 0 Å². The molecule has 1 heterocycles. The van der Waals surface area contributed by atoms with Crippen LogP contribution in [0.2, 0.25) is 0 Å². The molecule has 1 aliphatic rings. The Morgan fingerprint density at radius 2 is 1.33 bits per heavy atom. The summed E-state index contributed by atoms with van der Waals surface area (Å²) in [5.74, 6) is 0. The van der Waals surface area contributed by atoms with Crippen LogP contribution >= 0.6 is 0 Å². The van der Waals surface area contributed by atoms with Crippen LogP contribution in [-0.2, 0) is 9.47 Å². The summed E-state index contributed by atoms with van der Waals surface area (Å²) < 4.78 is 10.8. The molecule has 0 aliphatic carbocycles. The third-order valence-corrected chi connectivity index (χ3v) is 5.99. The molecule has 1 aliphatic heterocycles. The van der Waals surface area contributed by atoms with E-state index in [1.807, 2.05) is 0 Å². The Hall–Kier alpha value is -0.460. The van der Waals surface area contributed by atoms with Gasteiger partial charge in [-0.1, -0.05) is 96.1 Å². The van der Waals surface area contributed by atoms with Crippen LogP contribution in [0.1, 0.15) is 103 Å². The van der Waals surface area contributed by atoms with Crippen molar-refractivity contribution in [3.8, 4) is 0 Å². The molecule has 0 saturated carbocycles. The van der Waals surface area contributed by atoms with Crippen LogP contribution in [0.25, 0.3) is 0 Å². The maximum atomic E-state index is 10.1. The standard InChI is InChI=1S/C25H48O5/c1-2-3-4-5-6-7-8-9-10-11-12-13-14-15-16-17-18-19-29-25-22(27)21-30-23(20-26)24(25)28/h16-17,22-28H,2-15,18-21H2,1H3/b17-16+/t22-,23+,24+,25+/m1/s1. The van der Waals surface area contributed by atoms with Crippen molar-refractivity contribution in [2.24, 2.45) is 0 Å². The molecule has 0 aromatic rings. The Morgan fingerprint density at radius 3 is 1.90 bits per heavy atom. The van der Waals surface area contributed by atoms with E-state index in [9.17, 15) is 10.2 Å². The molecule has 0 aromatic heterocycles. The number of unbranched alkanes of at least 4 members (excludes halogenated alkanes) is 13. The van der Waals surface area contributed by atoms with E-state index in [0.717, 1.165) is 12.8 Å². The third-order valence-electron chi connectivity index (χ3n) is 5.99. The predicted molar refractivity (Wildman–Crippen MR) is 123 cm³/mol. The van der Waals surface area contributed by atoms with Crippen molar-refractivity contribution in [2.75, 3.05) is 19.8 Å². The lowest BCUT2D eigenvalue weighted by Gasteiger charge is -2.37. The SMILES string of the molecule is CCCCCCCCCCCCCCC/C=C/CCO[C@@H]1[C@@H](O)[C@H](CO)OC[C@H]1O. The topological polar surface area (TPSA) is 79.2 Å². The molecule has 1 saturated heterocycles. The Bertz CT molecular complexity index is 401. The molecule has 1 fully saturated rings. The van der Waals surface area contributed by atoms with Crippen LogP contribution in [-0.4, -0.2) is 59.6 Å². The highest BCUT2D eigenvalue weighted by Gasteiger charge is 2.38. The minimum atomic E-state index is -0.992. The highest BCUT2D eigenvalue weighted by atomic mass is 16.6. The van der Waals surface area contributed by atoms with E-state index in [1.165, 1.54) is 83.5 Å². The molecular weight excluding hydrogens is 380 g/mol. The van der Waals surface area contributed by atoms with Crippen LogP contribution in [0.4, 0.5) is 0 Å². The second-order valence-corrected chi connectivity index (χ2v) is 8.74. The fraction of sp³-hybridized carbons (Fsp3) is 0.920. The first-order valence-electron chi connectivity index (χ1n) is 12.6. The lowest BCUT2D eigenvalue weighted by Crippen LogP contribution is -2.55. The molecule has 0 spiro atoms. The van der Waals surface area contributed by atoms with E-state index in [-0.39, 0.29) is 13.2 Å². The molecule has 5 nitrogen and oxygen atoms in total. The normalized spacial score (nSPS) is 24.7. The van der Waals surface area contributed by atoms with E-state index < -0.39 is 24.4 Å². The highest BCUT2D eigenvalue weighted by molar-refractivity contribution is 4.88. The summed E-state index contributed by atoms with van der Waals surface area (Å²) in [6.07, 6.45) is 20.9. The van der Waals surface area contributed by atoms with Gasteiger partial charge in [0, 0.05) is 0 Å². The molecule has 1 rings (SSSR count). The maximum absolute atomic E-state index is 10.1. The van der Waals surface area contributed by atoms with Crippen molar-refractivity contribution < 1.29 is 24.8 Å². The van der Waals surface area contributed by atoms with E-state index in [1.54, 1.807) is 0 Å². The first-order valence-corrected chi connectivity index (χ1v) is 12.6. The molecule has 0 aromatic carbocycles. The average Bonchev–Trinajstić information content (AvgIpc) is 2.75. The van der Waals surface area contributed by atoms with Crippen LogP contribution in [0.3, 0.4) is 0 Å². The summed E-state index contributed by atoms with van der Waals surface area (Å²) in [5.41, 5.74) is 0. The van der Waals surface area contributed by atoms with Gasteiger partial charge in [-0.15, -0.1) is 0 Å². The summed E-state index contributed by atoms with van der Waals surface area (Å²) in [6, 6.07) is 0. The number of aliphatic hydroxyl groups is 3. The van der Waals surface area contributed by atoms with Gasteiger partial charge in [0.2, 0.25) is 0 Å². The smallest absolute Gasteiger partial charge is 0.114 e. The van der Waals surface area contributed by atoms with Gasteiger partial charge in [0.1, 0.15) is 24.4 Å². The van der Waals surface area contributed by atoms with Crippen molar-refractivity contribution >= 4 is 0 Å². The second kappa shape index (κ2) is 19.2. The van der Waals surface area contributed by atoms with E-state index >= 15 is 0 Å². The number of ether oxygens (including phenoxy) is 2. The molecule has 4 atom stereocenters. The van der Waals surface area contributed by atoms with Crippen molar-refractivity contribution in [2.45, 2.75) is 128 Å². The van der Waals surface area contributed by atoms with Gasteiger partial charge in [-0.05, 0) is 19.3 Å². The zero-order chi connectivity index (χ0) is 21.9. The van der Waals surface area contributed by atoms with Gasteiger partial charge in [-0.2, -0.15) is 0 Å². The molecule has 5 heteroatoms. The quantitative estimate of drug-likeness (QED) is 0.201. The number of rotatable bonds is 19. The van der Waals surface area contributed by atoms with Gasteiger partial charge in [-0.3, -0.25) is 0 Å². The molecule has 30 heavy (non-hydrogen) atoms. The number of aliphatic hydroxyl groups excluding tert-OH is 3. The van der Waals surface area contributed by atoms with E-state index in [2.05, 4.69) is 19.1 Å². The Kier molecular flexibility index (Phi) is 17.7. The van der Waals surface area contributed by atoms with Gasteiger partial charge in [-0.25, -0.2) is 0 Å². The largest absolute Gasteiger partial charge is 0.394 e. The van der Waals surface area contributed by atoms with E-state index in [0.29, 0.717) is 6.61 Å². The minimum Gasteiger partial charge on any atom is -0.394 e. The zero-order valence-corrected chi connectivity index (χ0v) is 19.4. The predicted octanol–water partition coefficient (Wildman–Crippen LogP) is 4.91. The number of allylic oxidation sites excluding steroid dienone is 1. The highest BCUT2D eigenvalue weighted by Crippen LogP contribution is 2.18. The fourth-order valence-corrected chi connectivity index (χ4v) is 4.01. The zero-order valence-electron chi connectivity index (χ0n) is 19.4. The lowest BCUT2D eigenvalue weighted by molar-refractivity contribution is -0.210. The van der Waals surface area contributed by atoms with Gasteiger partial charge >= 0.3 is 0 Å². The monoisotopic (exact) mass is 428 g/mol. The van der Waals surface area contributed by atoms with Gasteiger partial charge in [0.25, 0.3) is 0 Å². The molecule has 0 unspecified atom stereocenters. The summed E-state index contributed by atoms with van der Waals surface area (Å²) in [7, 11) is 0. The van der Waals surface area contributed by atoms with E-state index in [4.69, 9.17) is 14.6 Å². The van der Waals surface area contributed by atoms with Crippen molar-refractivity contribution in [1.29, 1.82) is 0 Å². The molecule has 178 valence electrons. The Morgan fingerprint density at radius 1 is 0.800 bits per heavy atom. The first-order chi connectivity index (χ1) is 14.7. The van der Waals surface area contributed by atoms with Gasteiger partial charge in [0.15, 0.2) is 0 Å². The second-order valence-electron chi connectivity index (χ2n) is 8.74. The summed E-state index contributed by atoms with van der Waals surface area (Å²) >= 11 is 0. The molecule has 3 N–H and O–H groups in total. The molecular formula is C25H48O5. The Labute approximate surface area is 184 Å².